The molecule has 0 bridgehead atoms. The smallest absolute Gasteiger partial charge is 0.312 e. The highest BCUT2D eigenvalue weighted by molar-refractivity contribution is 9.10. The zero-order chi connectivity index (χ0) is 15.2. The lowest BCUT2D eigenvalue weighted by Crippen LogP contribution is -2.02. The molecule has 7 heteroatoms. The lowest BCUT2D eigenvalue weighted by Gasteiger charge is -2.09. The third-order valence-corrected chi connectivity index (χ3v) is 3.25. The first-order valence-electron chi connectivity index (χ1n) is 6.43. The lowest BCUT2D eigenvalue weighted by molar-refractivity contribution is -0.385. The molecule has 0 radical (unpaired) electrons. The summed E-state index contributed by atoms with van der Waals surface area (Å²) < 4.78 is 6.09. The quantitative estimate of drug-likeness (QED) is 0.617. The summed E-state index contributed by atoms with van der Waals surface area (Å²) >= 11 is 3.26. The zero-order valence-corrected chi connectivity index (χ0v) is 13.0. The van der Waals surface area contributed by atoms with E-state index < -0.39 is 4.92 Å². The highest BCUT2D eigenvalue weighted by atomic mass is 79.9. The van der Waals surface area contributed by atoms with E-state index in [1.807, 2.05) is 6.07 Å². The molecule has 2 rings (SSSR count). The number of nitrogens with one attached hydrogen (secondary N) is 1. The van der Waals surface area contributed by atoms with Gasteiger partial charge in [-0.2, -0.15) is 4.98 Å². The minimum absolute atomic E-state index is 0.113. The van der Waals surface area contributed by atoms with Crippen LogP contribution in [-0.4, -0.2) is 16.5 Å². The summed E-state index contributed by atoms with van der Waals surface area (Å²) in [6.07, 6.45) is 0.975. The van der Waals surface area contributed by atoms with Crippen molar-refractivity contribution in [2.45, 2.75) is 13.3 Å². The number of pyridine rings is 1. The zero-order valence-electron chi connectivity index (χ0n) is 11.4. The van der Waals surface area contributed by atoms with E-state index in [9.17, 15) is 10.1 Å². The van der Waals surface area contributed by atoms with Gasteiger partial charge in [0.25, 0.3) is 0 Å². The Labute approximate surface area is 130 Å². The van der Waals surface area contributed by atoms with Gasteiger partial charge in [0, 0.05) is 18.7 Å². The van der Waals surface area contributed by atoms with Crippen molar-refractivity contribution < 1.29 is 9.66 Å². The van der Waals surface area contributed by atoms with Crippen LogP contribution in [0, 0.1) is 10.1 Å². The van der Waals surface area contributed by atoms with Gasteiger partial charge in [0.15, 0.2) is 0 Å². The van der Waals surface area contributed by atoms with Crippen molar-refractivity contribution in [3.05, 3.63) is 51.0 Å². The summed E-state index contributed by atoms with van der Waals surface area (Å²) in [5.41, 5.74) is -0.113. The molecule has 0 aliphatic heterocycles. The van der Waals surface area contributed by atoms with Crippen molar-refractivity contribution in [1.82, 2.24) is 4.98 Å². The third-order valence-electron chi connectivity index (χ3n) is 2.63. The van der Waals surface area contributed by atoms with Crippen molar-refractivity contribution in [3.63, 3.8) is 0 Å². The summed E-state index contributed by atoms with van der Waals surface area (Å²) in [7, 11) is 0. The topological polar surface area (TPSA) is 77.3 Å². The molecule has 0 atom stereocenters. The molecule has 0 aliphatic rings. The first-order chi connectivity index (χ1) is 10.1. The van der Waals surface area contributed by atoms with E-state index in [-0.39, 0.29) is 11.4 Å². The molecule has 1 heterocycles. The van der Waals surface area contributed by atoms with Gasteiger partial charge in [0.2, 0.25) is 11.6 Å². The van der Waals surface area contributed by atoms with E-state index in [1.165, 1.54) is 6.07 Å². The molecule has 0 saturated carbocycles. The number of nitro groups is 1. The maximum absolute atomic E-state index is 11.0. The summed E-state index contributed by atoms with van der Waals surface area (Å²) in [6.45, 7) is 2.85. The molecule has 6 nitrogen and oxygen atoms in total. The maximum atomic E-state index is 11.0. The van der Waals surface area contributed by atoms with E-state index >= 15 is 0 Å². The van der Waals surface area contributed by atoms with E-state index in [0.717, 1.165) is 13.0 Å². The number of hydrogen-bond acceptors (Lipinski definition) is 5. The molecule has 0 spiro atoms. The van der Waals surface area contributed by atoms with E-state index in [2.05, 4.69) is 33.2 Å². The summed E-state index contributed by atoms with van der Waals surface area (Å²) in [5, 5.41) is 14.2. The average molecular weight is 352 g/mol. The molecular weight excluding hydrogens is 338 g/mol. The van der Waals surface area contributed by atoms with Crippen molar-refractivity contribution in [2.75, 3.05) is 11.9 Å². The predicted octanol–water partition coefficient (Wildman–Crippen LogP) is 4.37. The van der Waals surface area contributed by atoms with Gasteiger partial charge in [-0.3, -0.25) is 10.1 Å². The molecule has 1 aromatic carbocycles. The number of aromatic nitrogens is 1. The maximum Gasteiger partial charge on any atom is 0.312 e. The minimum atomic E-state index is -0.487. The van der Waals surface area contributed by atoms with Gasteiger partial charge in [-0.25, -0.2) is 0 Å². The Morgan fingerprint density at radius 2 is 2.10 bits per heavy atom. The number of hydrogen-bond donors (Lipinski definition) is 1. The largest absolute Gasteiger partial charge is 0.431 e. The Hall–Kier alpha value is -2.15. The third kappa shape index (κ3) is 3.91. The number of para-hydroxylation sites is 1. The van der Waals surface area contributed by atoms with Crippen LogP contribution >= 0.6 is 15.9 Å². The van der Waals surface area contributed by atoms with Crippen LogP contribution in [0.15, 0.2) is 40.9 Å². The second-order valence-corrected chi connectivity index (χ2v) is 5.09. The van der Waals surface area contributed by atoms with E-state index in [4.69, 9.17) is 4.74 Å². The Morgan fingerprint density at radius 1 is 1.33 bits per heavy atom. The molecule has 1 N–H and O–H groups in total. The first kappa shape index (κ1) is 15.2. The monoisotopic (exact) mass is 351 g/mol. The fourth-order valence-corrected chi connectivity index (χ4v) is 2.11. The normalized spacial score (nSPS) is 10.2. The predicted molar refractivity (Wildman–Crippen MR) is 83.9 cm³/mol. The molecular formula is C14H14BrN3O3. The minimum Gasteiger partial charge on any atom is -0.431 e. The van der Waals surface area contributed by atoms with Crippen LogP contribution in [0.1, 0.15) is 13.3 Å². The van der Waals surface area contributed by atoms with E-state index in [1.54, 1.807) is 24.3 Å². The van der Waals surface area contributed by atoms with Crippen molar-refractivity contribution >= 4 is 27.4 Å². The van der Waals surface area contributed by atoms with Crippen LogP contribution in [0.3, 0.4) is 0 Å². The SMILES string of the molecule is CCCNc1cccc(Oc2c(Br)cccc2[N+](=O)[O-])n1. The van der Waals surface area contributed by atoms with Gasteiger partial charge in [0.1, 0.15) is 5.82 Å². The molecule has 21 heavy (non-hydrogen) atoms. The van der Waals surface area contributed by atoms with Crippen molar-refractivity contribution in [2.24, 2.45) is 0 Å². The highest BCUT2D eigenvalue weighted by Gasteiger charge is 2.19. The summed E-state index contributed by atoms with van der Waals surface area (Å²) in [5.74, 6) is 1.11. The molecule has 0 fully saturated rings. The molecule has 0 aliphatic carbocycles. The number of rotatable bonds is 6. The van der Waals surface area contributed by atoms with E-state index in [0.29, 0.717) is 16.2 Å². The number of benzene rings is 1. The van der Waals surface area contributed by atoms with Crippen LogP contribution < -0.4 is 10.1 Å². The second kappa shape index (κ2) is 7.03. The number of nitrogens with zero attached hydrogens (tertiary/aromatic N) is 2. The Morgan fingerprint density at radius 3 is 2.81 bits per heavy atom. The van der Waals surface area contributed by atoms with Gasteiger partial charge in [-0.1, -0.05) is 19.1 Å². The van der Waals surface area contributed by atoms with Gasteiger partial charge < -0.3 is 10.1 Å². The Balaban J connectivity index is 2.28. The number of anilines is 1. The molecule has 1 aromatic heterocycles. The Kier molecular flexibility index (Phi) is 5.10. The van der Waals surface area contributed by atoms with Gasteiger partial charge in [-0.15, -0.1) is 0 Å². The average Bonchev–Trinajstić information content (AvgIpc) is 2.47. The van der Waals surface area contributed by atoms with Crippen LogP contribution in [0.5, 0.6) is 11.6 Å². The summed E-state index contributed by atoms with van der Waals surface area (Å²) in [4.78, 5) is 14.8. The van der Waals surface area contributed by atoms with Crippen LogP contribution in [-0.2, 0) is 0 Å². The van der Waals surface area contributed by atoms with Crippen LogP contribution in [0.2, 0.25) is 0 Å². The summed E-state index contributed by atoms with van der Waals surface area (Å²) in [6, 6.07) is 9.91. The number of nitro benzene ring substituents is 1. The molecule has 110 valence electrons. The van der Waals surface area contributed by atoms with Gasteiger partial charge in [0.05, 0.1) is 9.40 Å². The molecule has 0 saturated heterocycles. The van der Waals surface area contributed by atoms with Crippen LogP contribution in [0.25, 0.3) is 0 Å². The van der Waals surface area contributed by atoms with Crippen molar-refractivity contribution in [1.29, 1.82) is 0 Å². The van der Waals surface area contributed by atoms with Crippen molar-refractivity contribution in [3.8, 4) is 11.6 Å². The standard InChI is InChI=1S/C14H14BrN3O3/c1-2-9-16-12-7-4-8-13(17-12)21-14-10(15)5-3-6-11(14)18(19)20/h3-8H,2,9H2,1H3,(H,16,17). The fourth-order valence-electron chi connectivity index (χ4n) is 1.67. The lowest BCUT2D eigenvalue weighted by atomic mass is 10.3. The number of halogens is 1. The molecule has 2 aromatic rings. The fraction of sp³-hybridized carbons (Fsp3) is 0.214. The molecule has 0 unspecified atom stereocenters. The van der Waals surface area contributed by atoms with Gasteiger partial charge in [-0.05, 0) is 34.5 Å². The second-order valence-electron chi connectivity index (χ2n) is 4.24. The highest BCUT2D eigenvalue weighted by Crippen LogP contribution is 2.37. The van der Waals surface area contributed by atoms with Crippen LogP contribution in [0.4, 0.5) is 11.5 Å². The first-order valence-corrected chi connectivity index (χ1v) is 7.22. The molecule has 0 amide bonds. The van der Waals surface area contributed by atoms with Gasteiger partial charge >= 0.3 is 5.69 Å². The Bertz CT molecular complexity index is 649. The number of ether oxygens (including phenoxy) is 1.